The Kier molecular flexibility index (Phi) is 17.4. The molecule has 8 rings (SSSR count). The first-order valence-electron chi connectivity index (χ1n) is 23.8. The maximum Gasteiger partial charge on any atom is 0.347 e. The number of hydrogen-bond acceptors (Lipinski definition) is 18. The Labute approximate surface area is 440 Å². The third-order valence-corrected chi connectivity index (χ3v) is 16.0. The summed E-state index contributed by atoms with van der Waals surface area (Å²) in [5.41, 5.74) is 1.60. The molecule has 27 heteroatoms. The monoisotopic (exact) mass is 1070 g/mol. The Hall–Kier alpha value is -7.09. The molecular formula is C48H53B3FN6O15S2+. The van der Waals surface area contributed by atoms with E-state index in [1.807, 2.05) is 12.1 Å². The molecule has 4 aliphatic rings. The van der Waals surface area contributed by atoms with Crippen molar-refractivity contribution in [2.24, 2.45) is 5.16 Å². The number of ether oxygens (including phenoxy) is 4. The van der Waals surface area contributed by atoms with Crippen molar-refractivity contribution in [3.8, 4) is 23.0 Å². The number of nitrogens with one attached hydrogen (secondary N) is 1. The minimum Gasteiger partial charge on any atom is -0.614 e. The van der Waals surface area contributed by atoms with E-state index in [4.69, 9.17) is 33.1 Å². The lowest BCUT2D eigenvalue weighted by Gasteiger charge is -2.51. The average molecular weight is 1070 g/mol. The number of benzene rings is 3. The van der Waals surface area contributed by atoms with Crippen LogP contribution in [0.2, 0.25) is 6.32 Å². The maximum absolute atomic E-state index is 16.2. The van der Waals surface area contributed by atoms with Crippen LogP contribution < -0.4 is 24.3 Å². The Morgan fingerprint density at radius 3 is 2.35 bits per heavy atom. The Bertz CT molecular complexity index is 2870. The van der Waals surface area contributed by atoms with Crippen molar-refractivity contribution < 1.29 is 79.9 Å². The Balaban J connectivity index is 0.987. The molecule has 6 atom stereocenters. The summed E-state index contributed by atoms with van der Waals surface area (Å²) in [5, 5.41) is 7.43. The van der Waals surface area contributed by atoms with Crippen molar-refractivity contribution in [2.75, 3.05) is 52.7 Å². The van der Waals surface area contributed by atoms with Crippen LogP contribution in [0.3, 0.4) is 0 Å². The van der Waals surface area contributed by atoms with Crippen molar-refractivity contribution in [1.29, 1.82) is 0 Å². The fourth-order valence-electron chi connectivity index (χ4n) is 9.69. The van der Waals surface area contributed by atoms with Crippen molar-refractivity contribution in [1.82, 2.24) is 20.1 Å². The number of rotatable bonds is 22. The molecule has 3 fully saturated rings. The number of piperazine rings is 1. The second-order valence-electron chi connectivity index (χ2n) is 18.0. The fraction of sp³-hybridized carbons (Fsp3) is 0.375. The standard InChI is InChI=1S/C48H52B3FN6O15S2/c1-27-53-36(24-74-27)39(55-73-38(47(63)71-49)19-51-70-26-59)43(60)54-40-45(62)57-41(48(64)72-50)31(25-75(65)46(40)57)21-58-15-4-5-32(58)20-56(14-16-58)44(61)30-17-35(52)42(69-23-29-8-12-34(67-3)13-9-29)37(18-30)68-22-28-6-10-33(66-2)11-7-28/h6-13,17-18,24,26,32,38,40,46,51H,4-5,14-16,19-23,25,49-50H2,1-3H3/p+1/b55-39-/t32-,38-,40+,46+,58?,75?/m0/s1. The van der Waals surface area contributed by atoms with Crippen LogP contribution in [-0.2, 0) is 67.2 Å². The summed E-state index contributed by atoms with van der Waals surface area (Å²) < 4.78 is 68.3. The van der Waals surface area contributed by atoms with Gasteiger partial charge in [0.15, 0.2) is 29.1 Å². The second kappa shape index (κ2) is 24.1. The largest absolute Gasteiger partial charge is 0.614 e. The number of oxime groups is 1. The van der Waals surface area contributed by atoms with Crippen molar-refractivity contribution in [3.05, 3.63) is 111 Å². The van der Waals surface area contributed by atoms with Gasteiger partial charge in [0.25, 0.3) is 24.2 Å². The smallest absolute Gasteiger partial charge is 0.347 e. The van der Waals surface area contributed by atoms with E-state index in [1.165, 1.54) is 30.8 Å². The number of carbonyl (C=O) groups is 6. The number of quaternary nitrogens is 1. The summed E-state index contributed by atoms with van der Waals surface area (Å²) in [7, 11) is 5.19. The Morgan fingerprint density at radius 1 is 1.03 bits per heavy atom. The van der Waals surface area contributed by atoms with E-state index in [2.05, 4.69) is 20.1 Å². The summed E-state index contributed by atoms with van der Waals surface area (Å²) >= 11 is -0.646. The first-order valence-corrected chi connectivity index (χ1v) is 26.1. The molecule has 0 saturated carbocycles. The number of nitrogens with zero attached hydrogens (tertiary/aromatic N) is 5. The molecule has 1 aromatic heterocycles. The normalized spacial score (nSPS) is 21.3. The maximum atomic E-state index is 16.2. The number of hydrogen-bond donors (Lipinski definition) is 1. The zero-order chi connectivity index (χ0) is 53.4. The van der Waals surface area contributed by atoms with Gasteiger partial charge in [-0.05, 0) is 65.6 Å². The molecule has 5 heterocycles. The van der Waals surface area contributed by atoms with E-state index in [0.717, 1.165) is 43.0 Å². The van der Waals surface area contributed by atoms with Crippen LogP contribution >= 0.6 is 11.3 Å². The lowest BCUT2D eigenvalue weighted by molar-refractivity contribution is -0.938. The van der Waals surface area contributed by atoms with Gasteiger partial charge in [0.2, 0.25) is 11.5 Å². The third kappa shape index (κ3) is 11.9. The highest BCUT2D eigenvalue weighted by Gasteiger charge is 2.62. The van der Waals surface area contributed by atoms with Gasteiger partial charge in [-0.25, -0.2) is 19.0 Å². The van der Waals surface area contributed by atoms with Gasteiger partial charge in [-0.2, -0.15) is 0 Å². The van der Waals surface area contributed by atoms with Gasteiger partial charge in [0.05, 0.1) is 51.0 Å². The lowest BCUT2D eigenvalue weighted by atomic mass is 9.91. The van der Waals surface area contributed by atoms with Crippen LogP contribution in [0, 0.1) is 12.7 Å². The summed E-state index contributed by atoms with van der Waals surface area (Å²) in [6.45, 7) is 3.82. The minimum atomic E-state index is -1.84. The predicted molar refractivity (Wildman–Crippen MR) is 274 cm³/mol. The number of methoxy groups -OCH3 is 2. The fourth-order valence-corrected chi connectivity index (χ4v) is 12.0. The molecule has 3 aromatic carbocycles. The highest BCUT2D eigenvalue weighted by atomic mass is 32.2. The van der Waals surface area contributed by atoms with Gasteiger partial charge >= 0.3 is 35.5 Å². The van der Waals surface area contributed by atoms with Crippen LogP contribution in [-0.4, -0.2) is 166 Å². The van der Waals surface area contributed by atoms with E-state index in [0.29, 0.717) is 46.2 Å². The average Bonchev–Trinajstić information content (AvgIpc) is 4.06. The summed E-state index contributed by atoms with van der Waals surface area (Å²) in [6.07, 6.45) is -0.0464. The molecule has 1 N–H and O–H groups in total. The molecule has 2 unspecified atom stereocenters. The number of aryl methyl sites for hydroxylation is 1. The third-order valence-electron chi connectivity index (χ3n) is 13.6. The molecule has 0 spiro atoms. The van der Waals surface area contributed by atoms with Gasteiger partial charge in [0, 0.05) is 30.1 Å². The van der Waals surface area contributed by atoms with Gasteiger partial charge < -0.3 is 57.0 Å². The number of fused-ring (bicyclic) bond motifs is 2. The second-order valence-corrected chi connectivity index (χ2v) is 20.6. The molecule has 0 radical (unpaired) electrons. The first-order chi connectivity index (χ1) is 36.2. The highest BCUT2D eigenvalue weighted by molar-refractivity contribution is 7.92. The first kappa shape index (κ1) is 54.2. The molecule has 75 heavy (non-hydrogen) atoms. The number of carbonyl (C=O) groups excluding carboxylic acids is 6. The number of halogens is 1. The molecule has 4 aromatic rings. The van der Waals surface area contributed by atoms with Crippen LogP contribution in [0.15, 0.2) is 82.5 Å². The van der Waals surface area contributed by atoms with Crippen molar-refractivity contribution in [2.45, 2.75) is 62.9 Å². The van der Waals surface area contributed by atoms with E-state index in [1.54, 1.807) is 62.4 Å². The number of amides is 3. The van der Waals surface area contributed by atoms with Gasteiger partial charge in [-0.1, -0.05) is 29.4 Å². The summed E-state index contributed by atoms with van der Waals surface area (Å²) in [4.78, 5) is 91.8. The van der Waals surface area contributed by atoms with E-state index in [9.17, 15) is 33.3 Å². The zero-order valence-electron chi connectivity index (χ0n) is 41.8. The molecule has 3 amide bonds. The van der Waals surface area contributed by atoms with Crippen LogP contribution in [0.1, 0.15) is 45.0 Å². The van der Waals surface area contributed by atoms with E-state index in [-0.39, 0.29) is 86.8 Å². The van der Waals surface area contributed by atoms with Crippen molar-refractivity contribution >= 4 is 87.9 Å². The van der Waals surface area contributed by atoms with Crippen LogP contribution in [0.25, 0.3) is 0 Å². The number of aromatic nitrogens is 1. The topological polar surface area (TPSA) is 243 Å². The number of β-lactam (4-membered cyclic amide) rings is 1. The quantitative estimate of drug-likeness (QED) is 0.0167. The summed E-state index contributed by atoms with van der Waals surface area (Å²) in [5.74, 6) is -3.48. The van der Waals surface area contributed by atoms with Gasteiger partial charge in [-0.3, -0.25) is 24.1 Å². The molecule has 21 nitrogen and oxygen atoms in total. The molecule has 0 aliphatic carbocycles. The van der Waals surface area contributed by atoms with Crippen molar-refractivity contribution in [3.63, 3.8) is 0 Å². The minimum absolute atomic E-state index is 0.0103. The molecule has 392 valence electrons. The molecule has 3 saturated heterocycles. The van der Waals surface area contributed by atoms with Crippen LogP contribution in [0.5, 0.6) is 23.0 Å². The lowest BCUT2D eigenvalue weighted by Crippen LogP contribution is -2.75. The molecular weight excluding hydrogens is 1020 g/mol. The zero-order valence-corrected chi connectivity index (χ0v) is 43.4. The number of thiazole rings is 1. The SMILES string of the molecule is BOC(=O)C1=C(C[N+]23CCC[C@H]2CN(C(=O)c2cc(F)c(OCc4ccc(OC)cc4)c(OCc4ccc(OC)cc4)c2)CC3)C[S+]([O-])[C@@H]2[C@H](NC(=O)/C(=N\O[C@@H](CBOC=O)C(=O)OB)c3csc(C)n3)C(=O)N12. The summed E-state index contributed by atoms with van der Waals surface area (Å²) in [6, 6.07) is 15.5. The van der Waals surface area contributed by atoms with Crippen LogP contribution in [0.4, 0.5) is 4.39 Å². The molecule has 0 bridgehead atoms. The van der Waals surface area contributed by atoms with E-state index < -0.39 is 69.9 Å². The Morgan fingerprint density at radius 2 is 1.72 bits per heavy atom. The highest BCUT2D eigenvalue weighted by Crippen LogP contribution is 2.41. The van der Waals surface area contributed by atoms with Gasteiger partial charge in [0.1, 0.15) is 54.4 Å². The van der Waals surface area contributed by atoms with E-state index >= 15 is 4.39 Å². The molecule has 4 aliphatic heterocycles. The predicted octanol–water partition coefficient (Wildman–Crippen LogP) is 0.785. The van der Waals surface area contributed by atoms with Gasteiger partial charge in [-0.15, -0.1) is 11.3 Å².